The van der Waals surface area contributed by atoms with Crippen LogP contribution in [0.1, 0.15) is 25.3 Å². The maximum Gasteiger partial charge on any atom is 0.314 e. The van der Waals surface area contributed by atoms with E-state index in [-0.39, 0.29) is 10.6 Å². The molecule has 0 spiro atoms. The largest absolute Gasteiger partial charge is 0.364 e. The summed E-state index contributed by atoms with van der Waals surface area (Å²) in [7, 11) is 0. The van der Waals surface area contributed by atoms with Gasteiger partial charge in [0.15, 0.2) is 0 Å². The van der Waals surface area contributed by atoms with Gasteiger partial charge < -0.3 is 10.2 Å². The van der Waals surface area contributed by atoms with E-state index in [0.717, 1.165) is 6.54 Å². The van der Waals surface area contributed by atoms with Gasteiger partial charge in [-0.15, -0.1) is 0 Å². The molecule has 1 aromatic rings. The number of nitrogens with zero attached hydrogens (tertiary/aromatic N) is 3. The number of aryl methyl sites for hydroxylation is 1. The normalized spacial score (nSPS) is 17.1. The van der Waals surface area contributed by atoms with Crippen molar-refractivity contribution >= 4 is 11.5 Å². The lowest BCUT2D eigenvalue weighted by Gasteiger charge is -2.20. The smallest absolute Gasteiger partial charge is 0.314 e. The summed E-state index contributed by atoms with van der Waals surface area (Å²) in [5, 5.41) is 14.2. The molecule has 1 aliphatic rings. The number of anilines is 1. The van der Waals surface area contributed by atoms with E-state index in [1.54, 1.807) is 19.2 Å². The standard InChI is InChI=1S/C14H22N4O2/c1-11(10-17-7-3-4-8-17)9-16-14-13(18(19)20)12(2)5-6-15-14/h5-6,11H,3-4,7-10H2,1-2H3,(H,15,16). The molecule has 2 heterocycles. The van der Waals surface area contributed by atoms with Crippen molar-refractivity contribution in [2.24, 2.45) is 5.92 Å². The third kappa shape index (κ3) is 3.66. The van der Waals surface area contributed by atoms with E-state index < -0.39 is 0 Å². The molecule has 0 radical (unpaired) electrons. The summed E-state index contributed by atoms with van der Waals surface area (Å²) in [6.45, 7) is 7.98. The molecule has 1 N–H and O–H groups in total. The molecule has 2 rings (SSSR count). The highest BCUT2D eigenvalue weighted by molar-refractivity contribution is 5.59. The summed E-state index contributed by atoms with van der Waals surface area (Å²) in [6.07, 6.45) is 4.17. The Hall–Kier alpha value is -1.69. The number of likely N-dealkylation sites (tertiary alicyclic amines) is 1. The number of hydrogen-bond donors (Lipinski definition) is 1. The molecule has 6 nitrogen and oxygen atoms in total. The topological polar surface area (TPSA) is 71.3 Å². The van der Waals surface area contributed by atoms with Crippen molar-refractivity contribution in [2.75, 3.05) is 31.5 Å². The summed E-state index contributed by atoms with van der Waals surface area (Å²) in [5.41, 5.74) is 0.723. The monoisotopic (exact) mass is 278 g/mol. The van der Waals surface area contributed by atoms with Gasteiger partial charge in [0.25, 0.3) is 0 Å². The van der Waals surface area contributed by atoms with E-state index in [4.69, 9.17) is 0 Å². The highest BCUT2D eigenvalue weighted by atomic mass is 16.6. The number of aromatic nitrogens is 1. The Morgan fingerprint density at radius 3 is 2.85 bits per heavy atom. The van der Waals surface area contributed by atoms with Gasteiger partial charge in [0.1, 0.15) is 0 Å². The molecule has 0 saturated carbocycles. The number of hydrogen-bond acceptors (Lipinski definition) is 5. The van der Waals surface area contributed by atoms with Crippen LogP contribution < -0.4 is 5.32 Å². The van der Waals surface area contributed by atoms with Crippen LogP contribution in [0.5, 0.6) is 0 Å². The molecule has 1 unspecified atom stereocenters. The molecule has 0 amide bonds. The third-order valence-electron chi connectivity index (χ3n) is 3.70. The summed E-state index contributed by atoms with van der Waals surface area (Å²) < 4.78 is 0. The maximum absolute atomic E-state index is 11.1. The Kier molecular flexibility index (Phi) is 4.89. The minimum atomic E-state index is -0.365. The zero-order chi connectivity index (χ0) is 14.5. The molecule has 1 saturated heterocycles. The Morgan fingerprint density at radius 1 is 1.50 bits per heavy atom. The van der Waals surface area contributed by atoms with E-state index in [9.17, 15) is 10.1 Å². The maximum atomic E-state index is 11.1. The molecule has 1 atom stereocenters. The van der Waals surface area contributed by atoms with Gasteiger partial charge in [-0.05, 0) is 44.8 Å². The van der Waals surface area contributed by atoms with Crippen LogP contribution in [-0.4, -0.2) is 41.0 Å². The van der Waals surface area contributed by atoms with Crippen LogP contribution in [0.3, 0.4) is 0 Å². The van der Waals surface area contributed by atoms with Gasteiger partial charge in [-0.1, -0.05) is 6.92 Å². The summed E-state index contributed by atoms with van der Waals surface area (Å²) in [4.78, 5) is 17.3. The van der Waals surface area contributed by atoms with Gasteiger partial charge in [0.05, 0.1) is 4.92 Å². The van der Waals surface area contributed by atoms with Crippen molar-refractivity contribution in [3.63, 3.8) is 0 Å². The molecule has 1 aromatic heterocycles. The van der Waals surface area contributed by atoms with Crippen molar-refractivity contribution in [3.05, 3.63) is 27.9 Å². The van der Waals surface area contributed by atoms with Crippen LogP contribution in [0, 0.1) is 23.0 Å². The fraction of sp³-hybridized carbons (Fsp3) is 0.643. The second-order valence-electron chi connectivity index (χ2n) is 5.58. The van der Waals surface area contributed by atoms with Crippen LogP contribution in [-0.2, 0) is 0 Å². The van der Waals surface area contributed by atoms with Gasteiger partial charge in [-0.3, -0.25) is 10.1 Å². The number of rotatable bonds is 6. The van der Waals surface area contributed by atoms with E-state index >= 15 is 0 Å². The Morgan fingerprint density at radius 2 is 2.20 bits per heavy atom. The van der Waals surface area contributed by atoms with Crippen molar-refractivity contribution in [1.82, 2.24) is 9.88 Å². The van der Waals surface area contributed by atoms with Crippen LogP contribution in [0.2, 0.25) is 0 Å². The number of nitro groups is 1. The molecule has 110 valence electrons. The lowest BCUT2D eigenvalue weighted by atomic mass is 10.1. The van der Waals surface area contributed by atoms with E-state index in [1.165, 1.54) is 25.9 Å². The molecule has 0 bridgehead atoms. The quantitative estimate of drug-likeness (QED) is 0.639. The zero-order valence-corrected chi connectivity index (χ0v) is 12.1. The number of nitrogens with one attached hydrogen (secondary N) is 1. The van der Waals surface area contributed by atoms with Gasteiger partial charge in [0.2, 0.25) is 5.82 Å². The second-order valence-corrected chi connectivity index (χ2v) is 5.58. The van der Waals surface area contributed by atoms with Crippen LogP contribution in [0.4, 0.5) is 11.5 Å². The first-order chi connectivity index (χ1) is 9.58. The average molecular weight is 278 g/mol. The first-order valence-electron chi connectivity index (χ1n) is 7.14. The minimum Gasteiger partial charge on any atom is -0.364 e. The van der Waals surface area contributed by atoms with Gasteiger partial charge in [0, 0.05) is 24.8 Å². The minimum absolute atomic E-state index is 0.0841. The summed E-state index contributed by atoms with van der Waals surface area (Å²) >= 11 is 0. The predicted molar refractivity (Wildman–Crippen MR) is 79.0 cm³/mol. The van der Waals surface area contributed by atoms with Crippen molar-refractivity contribution in [2.45, 2.75) is 26.7 Å². The fourth-order valence-electron chi connectivity index (χ4n) is 2.65. The molecular formula is C14H22N4O2. The zero-order valence-electron chi connectivity index (χ0n) is 12.1. The fourth-order valence-corrected chi connectivity index (χ4v) is 2.65. The van der Waals surface area contributed by atoms with Crippen molar-refractivity contribution in [1.29, 1.82) is 0 Å². The van der Waals surface area contributed by atoms with Crippen LogP contribution in [0.25, 0.3) is 0 Å². The highest BCUT2D eigenvalue weighted by Crippen LogP contribution is 2.25. The highest BCUT2D eigenvalue weighted by Gasteiger charge is 2.19. The van der Waals surface area contributed by atoms with Crippen molar-refractivity contribution in [3.8, 4) is 0 Å². The van der Waals surface area contributed by atoms with Gasteiger partial charge in [-0.25, -0.2) is 4.98 Å². The first-order valence-corrected chi connectivity index (χ1v) is 7.14. The molecule has 6 heteroatoms. The molecule has 0 aromatic carbocycles. The molecule has 1 aliphatic heterocycles. The molecular weight excluding hydrogens is 256 g/mol. The van der Waals surface area contributed by atoms with Gasteiger partial charge in [-0.2, -0.15) is 0 Å². The summed E-state index contributed by atoms with van der Waals surface area (Å²) in [6, 6.07) is 1.66. The van der Waals surface area contributed by atoms with Crippen molar-refractivity contribution < 1.29 is 4.92 Å². The van der Waals surface area contributed by atoms with E-state index in [1.807, 2.05) is 0 Å². The Balaban J connectivity index is 1.93. The molecule has 1 fully saturated rings. The lowest BCUT2D eigenvalue weighted by molar-refractivity contribution is -0.384. The SMILES string of the molecule is Cc1ccnc(NCC(C)CN2CCCC2)c1[N+](=O)[O-]. The van der Waals surface area contributed by atoms with E-state index in [0.29, 0.717) is 23.8 Å². The molecule has 0 aliphatic carbocycles. The van der Waals surface area contributed by atoms with Crippen LogP contribution >= 0.6 is 0 Å². The van der Waals surface area contributed by atoms with Crippen LogP contribution in [0.15, 0.2) is 12.3 Å². The predicted octanol–water partition coefficient (Wildman–Crippen LogP) is 2.44. The first kappa shape index (κ1) is 14.7. The second kappa shape index (κ2) is 6.65. The lowest BCUT2D eigenvalue weighted by Crippen LogP contribution is -2.29. The Bertz CT molecular complexity index is 472. The average Bonchev–Trinajstić information content (AvgIpc) is 2.88. The number of pyridine rings is 1. The van der Waals surface area contributed by atoms with E-state index in [2.05, 4.69) is 22.1 Å². The Labute approximate surface area is 119 Å². The van der Waals surface area contributed by atoms with Gasteiger partial charge >= 0.3 is 5.69 Å². The third-order valence-corrected chi connectivity index (χ3v) is 3.70. The molecule has 20 heavy (non-hydrogen) atoms. The summed E-state index contributed by atoms with van der Waals surface area (Å²) in [5.74, 6) is 0.818.